The molecule has 2 aliphatic rings. The van der Waals surface area contributed by atoms with E-state index in [2.05, 4.69) is 13.8 Å². The molecule has 1 fully saturated rings. The predicted octanol–water partition coefficient (Wildman–Crippen LogP) is 4.64. The molecule has 3 nitrogen and oxygen atoms in total. The number of ketones is 1. The Morgan fingerprint density at radius 2 is 1.78 bits per heavy atom. The Hall–Kier alpha value is -0.810. The summed E-state index contributed by atoms with van der Waals surface area (Å²) >= 11 is 3.14. The largest absolute Gasteiger partial charge is 0.338 e. The van der Waals surface area contributed by atoms with Gasteiger partial charge in [-0.25, -0.2) is 0 Å². The minimum Gasteiger partial charge on any atom is -0.338 e. The first-order valence-electron chi connectivity index (χ1n) is 8.45. The Kier molecular flexibility index (Phi) is 4.88. The van der Waals surface area contributed by atoms with Crippen LogP contribution >= 0.6 is 23.1 Å². The highest BCUT2D eigenvalue weighted by Crippen LogP contribution is 2.44. The zero-order valence-electron chi connectivity index (χ0n) is 14.2. The number of Topliss-reactive ketones (excluding diaryl/α,β-unsaturated/α-hetero) is 1. The van der Waals surface area contributed by atoms with E-state index in [9.17, 15) is 9.59 Å². The fourth-order valence-electron chi connectivity index (χ4n) is 3.69. The van der Waals surface area contributed by atoms with Gasteiger partial charge in [-0.2, -0.15) is 0 Å². The van der Waals surface area contributed by atoms with Crippen LogP contribution in [0.1, 0.15) is 71.5 Å². The summed E-state index contributed by atoms with van der Waals surface area (Å²) in [6.45, 7) is 5.98. The lowest BCUT2D eigenvalue weighted by Crippen LogP contribution is -2.33. The molecule has 1 aliphatic carbocycles. The molecule has 0 radical (unpaired) electrons. The number of likely N-dealkylation sites (tertiary alicyclic amines) is 1. The molecule has 5 heteroatoms. The van der Waals surface area contributed by atoms with E-state index < -0.39 is 0 Å². The highest BCUT2D eigenvalue weighted by atomic mass is 32.2. The summed E-state index contributed by atoms with van der Waals surface area (Å²) in [7, 11) is 0. The van der Waals surface area contributed by atoms with E-state index in [1.807, 2.05) is 11.2 Å². The summed E-state index contributed by atoms with van der Waals surface area (Å²) in [5.41, 5.74) is 1.82. The number of carbonyl (C=O) groups is 2. The van der Waals surface area contributed by atoms with E-state index in [4.69, 9.17) is 0 Å². The average Bonchev–Trinajstić information content (AvgIpc) is 2.67. The number of nitrogens with zero attached hydrogens (tertiary/aromatic N) is 1. The van der Waals surface area contributed by atoms with E-state index in [0.717, 1.165) is 52.6 Å². The second kappa shape index (κ2) is 6.60. The summed E-state index contributed by atoms with van der Waals surface area (Å²) in [5.74, 6) is 0.366. The standard InChI is InChI=1S/C18H25NO2S2/c1-18(2)10-12-14(13(20)11-18)17(22-3)23-15(12)16(21)19-8-6-4-5-7-9-19/h4-11H2,1-3H3. The summed E-state index contributed by atoms with van der Waals surface area (Å²) < 4.78 is 1.03. The van der Waals surface area contributed by atoms with Gasteiger partial charge in [0.25, 0.3) is 5.91 Å². The van der Waals surface area contributed by atoms with Crippen LogP contribution in [0, 0.1) is 5.41 Å². The van der Waals surface area contributed by atoms with Gasteiger partial charge in [-0.1, -0.05) is 26.7 Å². The molecule has 0 bridgehead atoms. The zero-order valence-corrected chi connectivity index (χ0v) is 15.9. The van der Waals surface area contributed by atoms with Crippen molar-refractivity contribution >= 4 is 34.8 Å². The number of rotatable bonds is 2. The number of thioether (sulfide) groups is 1. The van der Waals surface area contributed by atoms with Gasteiger partial charge < -0.3 is 4.90 Å². The molecule has 23 heavy (non-hydrogen) atoms. The van der Waals surface area contributed by atoms with Gasteiger partial charge in [-0.15, -0.1) is 23.1 Å². The van der Waals surface area contributed by atoms with Crippen molar-refractivity contribution in [3.63, 3.8) is 0 Å². The first-order chi connectivity index (χ1) is 10.9. The molecule has 1 aromatic rings. The molecule has 2 heterocycles. The van der Waals surface area contributed by atoms with E-state index in [1.54, 1.807) is 11.8 Å². The summed E-state index contributed by atoms with van der Waals surface area (Å²) in [5, 5.41) is 0. The van der Waals surface area contributed by atoms with Crippen LogP contribution in [0.5, 0.6) is 0 Å². The van der Waals surface area contributed by atoms with Crippen molar-refractivity contribution in [1.82, 2.24) is 4.90 Å². The molecular formula is C18H25NO2S2. The molecule has 1 aromatic heterocycles. The van der Waals surface area contributed by atoms with Crippen molar-refractivity contribution in [2.75, 3.05) is 19.3 Å². The van der Waals surface area contributed by atoms with E-state index >= 15 is 0 Å². The fourth-order valence-corrected chi connectivity index (χ4v) is 5.75. The van der Waals surface area contributed by atoms with E-state index in [-0.39, 0.29) is 17.1 Å². The summed E-state index contributed by atoms with van der Waals surface area (Å²) in [4.78, 5) is 28.5. The van der Waals surface area contributed by atoms with Gasteiger partial charge in [0.15, 0.2) is 5.78 Å². The molecule has 0 saturated carbocycles. The predicted molar refractivity (Wildman–Crippen MR) is 96.9 cm³/mol. The maximum atomic E-state index is 13.1. The van der Waals surface area contributed by atoms with Crippen LogP contribution in [0.2, 0.25) is 0 Å². The highest BCUT2D eigenvalue weighted by molar-refractivity contribution is 8.00. The summed E-state index contributed by atoms with van der Waals surface area (Å²) in [6.07, 6.45) is 8.04. The molecule has 126 valence electrons. The van der Waals surface area contributed by atoms with Crippen LogP contribution in [0.4, 0.5) is 0 Å². The van der Waals surface area contributed by atoms with E-state index in [0.29, 0.717) is 6.42 Å². The summed E-state index contributed by atoms with van der Waals surface area (Å²) in [6, 6.07) is 0. The van der Waals surface area contributed by atoms with Gasteiger partial charge in [-0.3, -0.25) is 9.59 Å². The van der Waals surface area contributed by atoms with Crippen LogP contribution in [0.25, 0.3) is 0 Å². The molecule has 0 spiro atoms. The quantitative estimate of drug-likeness (QED) is 0.728. The third-order valence-electron chi connectivity index (χ3n) is 4.82. The molecule has 0 aromatic carbocycles. The molecule has 3 rings (SSSR count). The maximum absolute atomic E-state index is 13.1. The minimum absolute atomic E-state index is 0.0470. The topological polar surface area (TPSA) is 37.4 Å². The van der Waals surface area contributed by atoms with Crippen LogP contribution in [-0.4, -0.2) is 35.9 Å². The molecular weight excluding hydrogens is 326 g/mol. The van der Waals surface area contributed by atoms with Crippen molar-refractivity contribution in [3.8, 4) is 0 Å². The molecule has 0 N–H and O–H groups in total. The van der Waals surface area contributed by atoms with Gasteiger partial charge in [0.05, 0.1) is 9.09 Å². The molecule has 1 aliphatic heterocycles. The zero-order chi connectivity index (χ0) is 16.6. The van der Waals surface area contributed by atoms with Crippen LogP contribution in [-0.2, 0) is 6.42 Å². The number of fused-ring (bicyclic) bond motifs is 1. The Morgan fingerprint density at radius 1 is 1.13 bits per heavy atom. The van der Waals surface area contributed by atoms with Crippen molar-refractivity contribution in [3.05, 3.63) is 16.0 Å². The first kappa shape index (κ1) is 17.0. The second-order valence-electron chi connectivity index (χ2n) is 7.42. The third kappa shape index (κ3) is 3.36. The smallest absolute Gasteiger partial charge is 0.264 e. The highest BCUT2D eigenvalue weighted by Gasteiger charge is 2.38. The van der Waals surface area contributed by atoms with Gasteiger partial charge in [0.2, 0.25) is 0 Å². The third-order valence-corrected chi connectivity index (χ3v) is 7.16. The van der Waals surface area contributed by atoms with Crippen LogP contribution < -0.4 is 0 Å². The normalized spacial score (nSPS) is 21.0. The van der Waals surface area contributed by atoms with Gasteiger partial charge in [0, 0.05) is 25.1 Å². The average molecular weight is 352 g/mol. The number of thiophene rings is 1. The number of amides is 1. The van der Waals surface area contributed by atoms with Crippen molar-refractivity contribution in [1.29, 1.82) is 0 Å². The monoisotopic (exact) mass is 351 g/mol. The first-order valence-corrected chi connectivity index (χ1v) is 10.5. The van der Waals surface area contributed by atoms with E-state index in [1.165, 1.54) is 24.2 Å². The molecule has 1 amide bonds. The Labute approximate surface area is 146 Å². The van der Waals surface area contributed by atoms with Crippen LogP contribution in [0.3, 0.4) is 0 Å². The SMILES string of the molecule is CSc1sc(C(=O)N2CCCCCC2)c2c1C(=O)CC(C)(C)C2. The Bertz CT molecular complexity index is 625. The maximum Gasteiger partial charge on any atom is 0.264 e. The fraction of sp³-hybridized carbons (Fsp3) is 0.667. The Morgan fingerprint density at radius 3 is 2.39 bits per heavy atom. The van der Waals surface area contributed by atoms with Crippen LogP contribution in [0.15, 0.2) is 4.21 Å². The van der Waals surface area contributed by atoms with Gasteiger partial charge in [-0.05, 0) is 36.5 Å². The van der Waals surface area contributed by atoms with Gasteiger partial charge in [0.1, 0.15) is 0 Å². The van der Waals surface area contributed by atoms with Crippen molar-refractivity contribution in [2.45, 2.75) is 56.6 Å². The molecule has 0 unspecified atom stereocenters. The van der Waals surface area contributed by atoms with Crippen molar-refractivity contribution in [2.24, 2.45) is 5.41 Å². The van der Waals surface area contributed by atoms with Gasteiger partial charge >= 0.3 is 0 Å². The number of carbonyl (C=O) groups excluding carboxylic acids is 2. The lowest BCUT2D eigenvalue weighted by Gasteiger charge is -2.30. The lowest BCUT2D eigenvalue weighted by molar-refractivity contribution is 0.0764. The molecule has 0 atom stereocenters. The number of hydrogen-bond donors (Lipinski definition) is 0. The Balaban J connectivity index is 1.99. The molecule has 1 saturated heterocycles. The second-order valence-corrected chi connectivity index (χ2v) is 9.52. The minimum atomic E-state index is -0.0470. The van der Waals surface area contributed by atoms with Crippen molar-refractivity contribution < 1.29 is 9.59 Å². The lowest BCUT2D eigenvalue weighted by atomic mass is 9.74. The number of hydrogen-bond acceptors (Lipinski definition) is 4.